The van der Waals surface area contributed by atoms with Gasteiger partial charge in [-0.2, -0.15) is 0 Å². The maximum Gasteiger partial charge on any atom is 0.266 e. The van der Waals surface area contributed by atoms with Crippen LogP contribution in [0.4, 0.5) is 11.4 Å². The van der Waals surface area contributed by atoms with Crippen molar-refractivity contribution in [1.82, 2.24) is 5.32 Å². The van der Waals surface area contributed by atoms with Crippen LogP contribution in [-0.2, 0) is 10.0 Å². The number of carbonyl (C=O) groups excluding carboxylic acids is 2. The third-order valence-electron chi connectivity index (χ3n) is 4.84. The van der Waals surface area contributed by atoms with Crippen LogP contribution >= 0.6 is 11.6 Å². The summed E-state index contributed by atoms with van der Waals surface area (Å²) in [5, 5.41) is 5.39. The third-order valence-corrected chi connectivity index (χ3v) is 7.12. The highest BCUT2D eigenvalue weighted by molar-refractivity contribution is 7.93. The van der Waals surface area contributed by atoms with Crippen LogP contribution < -0.4 is 14.9 Å². The van der Waals surface area contributed by atoms with Gasteiger partial charge in [0, 0.05) is 23.4 Å². The van der Waals surface area contributed by atoms with Crippen molar-refractivity contribution in [3.8, 4) is 0 Å². The fraction of sp³-hybridized carbons (Fsp3) is 0.120. The van der Waals surface area contributed by atoms with Gasteiger partial charge in [-0.05, 0) is 61.5 Å². The van der Waals surface area contributed by atoms with Gasteiger partial charge in [0.05, 0.1) is 17.3 Å². The molecule has 3 aromatic rings. The van der Waals surface area contributed by atoms with Gasteiger partial charge in [0.2, 0.25) is 0 Å². The van der Waals surface area contributed by atoms with Gasteiger partial charge in [0.15, 0.2) is 0 Å². The van der Waals surface area contributed by atoms with E-state index >= 15 is 0 Å². The first-order valence-corrected chi connectivity index (χ1v) is 12.3. The number of nitrogens with zero attached hydrogens (tertiary/aromatic N) is 1. The summed E-state index contributed by atoms with van der Waals surface area (Å²) in [6.45, 7) is 6.00. The molecule has 0 saturated heterocycles. The van der Waals surface area contributed by atoms with Crippen LogP contribution in [0, 0.1) is 0 Å². The summed E-state index contributed by atoms with van der Waals surface area (Å²) in [6, 6.07) is 19.0. The smallest absolute Gasteiger partial charge is 0.266 e. The summed E-state index contributed by atoms with van der Waals surface area (Å²) >= 11 is 6.25. The van der Waals surface area contributed by atoms with Gasteiger partial charge in [0.1, 0.15) is 4.90 Å². The van der Waals surface area contributed by atoms with Gasteiger partial charge in [0.25, 0.3) is 21.8 Å². The van der Waals surface area contributed by atoms with E-state index in [0.717, 1.165) is 0 Å². The monoisotopic (exact) mass is 497 g/mol. The van der Waals surface area contributed by atoms with Crippen molar-refractivity contribution in [1.29, 1.82) is 0 Å². The first-order valence-electron chi connectivity index (χ1n) is 10.5. The number of sulfonamides is 1. The molecule has 3 aromatic carbocycles. The Morgan fingerprint density at radius 2 is 1.62 bits per heavy atom. The highest BCUT2D eigenvalue weighted by atomic mass is 35.5. The first-order chi connectivity index (χ1) is 16.3. The number of nitrogens with one attached hydrogen (secondary N) is 2. The number of amides is 2. The Kier molecular flexibility index (Phi) is 8.09. The van der Waals surface area contributed by atoms with Crippen LogP contribution in [0.2, 0.25) is 5.02 Å². The quantitative estimate of drug-likeness (QED) is 0.418. The lowest BCUT2D eigenvalue weighted by molar-refractivity contribution is 0.0955. The van der Waals surface area contributed by atoms with Crippen LogP contribution in [0.25, 0.3) is 0 Å². The maximum absolute atomic E-state index is 13.5. The second-order valence-electron chi connectivity index (χ2n) is 7.20. The second-order valence-corrected chi connectivity index (χ2v) is 9.43. The average molecular weight is 498 g/mol. The zero-order chi connectivity index (χ0) is 24.7. The van der Waals surface area contributed by atoms with Gasteiger partial charge in [-0.25, -0.2) is 8.42 Å². The van der Waals surface area contributed by atoms with Crippen molar-refractivity contribution in [2.45, 2.75) is 11.8 Å². The molecule has 0 aromatic heterocycles. The molecule has 0 heterocycles. The van der Waals surface area contributed by atoms with E-state index in [9.17, 15) is 18.0 Å². The van der Waals surface area contributed by atoms with E-state index in [0.29, 0.717) is 23.5 Å². The van der Waals surface area contributed by atoms with Gasteiger partial charge >= 0.3 is 0 Å². The minimum Gasteiger partial charge on any atom is -0.352 e. The maximum atomic E-state index is 13.5. The molecule has 0 radical (unpaired) electrons. The molecule has 7 nitrogen and oxygen atoms in total. The summed E-state index contributed by atoms with van der Waals surface area (Å²) in [4.78, 5) is 24.5. The number of para-hydroxylation sites is 1. The van der Waals surface area contributed by atoms with Gasteiger partial charge in [-0.15, -0.1) is 6.58 Å². The van der Waals surface area contributed by atoms with Crippen molar-refractivity contribution in [3.63, 3.8) is 0 Å². The molecular formula is C25H24ClN3O4S. The fourth-order valence-electron chi connectivity index (χ4n) is 3.19. The topological polar surface area (TPSA) is 95.6 Å². The number of carbonyl (C=O) groups is 2. The van der Waals surface area contributed by atoms with Crippen LogP contribution in [0.5, 0.6) is 0 Å². The molecule has 0 unspecified atom stereocenters. The molecule has 176 valence electrons. The Bertz CT molecular complexity index is 1290. The SMILES string of the molecule is C=CCN(c1ccccc1)S(=O)(=O)c1cc(C(=O)Nc2ccc(C(=O)NCC)cc2)ccc1Cl. The van der Waals surface area contributed by atoms with Crippen LogP contribution in [0.15, 0.2) is 90.3 Å². The van der Waals surface area contributed by atoms with Crippen molar-refractivity contribution in [2.24, 2.45) is 0 Å². The zero-order valence-electron chi connectivity index (χ0n) is 18.5. The van der Waals surface area contributed by atoms with Gasteiger partial charge in [-0.1, -0.05) is 35.9 Å². The number of hydrogen-bond acceptors (Lipinski definition) is 4. The van der Waals surface area contributed by atoms with Crippen molar-refractivity contribution < 1.29 is 18.0 Å². The Morgan fingerprint density at radius 1 is 0.971 bits per heavy atom. The number of benzene rings is 3. The van der Waals surface area contributed by atoms with Crippen molar-refractivity contribution in [3.05, 3.63) is 102 Å². The van der Waals surface area contributed by atoms with Crippen molar-refractivity contribution >= 4 is 44.8 Å². The lowest BCUT2D eigenvalue weighted by Gasteiger charge is -2.24. The Morgan fingerprint density at radius 3 is 2.24 bits per heavy atom. The fourth-order valence-corrected chi connectivity index (χ4v) is 5.12. The highest BCUT2D eigenvalue weighted by Gasteiger charge is 2.27. The van der Waals surface area contributed by atoms with E-state index in [1.165, 1.54) is 28.6 Å². The molecule has 0 bridgehead atoms. The Labute approximate surface area is 204 Å². The highest BCUT2D eigenvalue weighted by Crippen LogP contribution is 2.29. The molecule has 2 amide bonds. The largest absolute Gasteiger partial charge is 0.352 e. The minimum absolute atomic E-state index is 0.00664. The summed E-state index contributed by atoms with van der Waals surface area (Å²) in [7, 11) is -4.09. The van der Waals surface area contributed by atoms with E-state index in [-0.39, 0.29) is 27.9 Å². The molecule has 9 heteroatoms. The zero-order valence-corrected chi connectivity index (χ0v) is 20.1. The molecule has 0 aliphatic rings. The van der Waals surface area contributed by atoms with E-state index in [1.54, 1.807) is 54.6 Å². The minimum atomic E-state index is -4.09. The molecule has 0 spiro atoms. The van der Waals surface area contributed by atoms with E-state index in [1.807, 2.05) is 6.92 Å². The van der Waals surface area contributed by atoms with Gasteiger partial charge in [-0.3, -0.25) is 13.9 Å². The molecule has 3 rings (SSSR count). The summed E-state index contributed by atoms with van der Waals surface area (Å²) in [5.74, 6) is -0.732. The molecule has 0 saturated carbocycles. The average Bonchev–Trinajstić information content (AvgIpc) is 2.83. The molecular weight excluding hydrogens is 474 g/mol. The number of anilines is 2. The predicted octanol–water partition coefficient (Wildman–Crippen LogP) is 4.72. The molecule has 0 fully saturated rings. The molecule has 0 aliphatic carbocycles. The van der Waals surface area contributed by atoms with E-state index in [2.05, 4.69) is 17.2 Å². The standard InChI is InChI=1S/C25H24ClN3O4S/c1-3-16-29(21-8-6-5-7-9-21)34(32,33)23-17-19(12-15-22(23)26)25(31)28-20-13-10-18(11-14-20)24(30)27-4-2/h3,5-15,17H,1,4,16H2,2H3,(H,27,30)(H,28,31). The van der Waals surface area contributed by atoms with Crippen LogP contribution in [0.1, 0.15) is 27.6 Å². The van der Waals surface area contributed by atoms with E-state index in [4.69, 9.17) is 11.6 Å². The molecule has 0 atom stereocenters. The number of halogens is 1. The molecule has 0 aliphatic heterocycles. The normalized spacial score (nSPS) is 10.9. The number of hydrogen-bond donors (Lipinski definition) is 2. The summed E-state index contributed by atoms with van der Waals surface area (Å²) in [5.41, 5.74) is 1.47. The number of rotatable bonds is 9. The summed E-state index contributed by atoms with van der Waals surface area (Å²) < 4.78 is 28.1. The lowest BCUT2D eigenvalue weighted by Crippen LogP contribution is -2.31. The molecule has 34 heavy (non-hydrogen) atoms. The Hall–Kier alpha value is -3.62. The predicted molar refractivity (Wildman–Crippen MR) is 135 cm³/mol. The van der Waals surface area contributed by atoms with E-state index < -0.39 is 15.9 Å². The first kappa shape index (κ1) is 25.0. The van der Waals surface area contributed by atoms with Crippen LogP contribution in [-0.4, -0.2) is 33.3 Å². The molecule has 2 N–H and O–H groups in total. The third kappa shape index (κ3) is 5.65. The van der Waals surface area contributed by atoms with Crippen molar-refractivity contribution in [2.75, 3.05) is 22.7 Å². The van der Waals surface area contributed by atoms with Gasteiger partial charge < -0.3 is 10.6 Å². The summed E-state index contributed by atoms with van der Waals surface area (Å²) in [6.07, 6.45) is 1.47. The Balaban J connectivity index is 1.88. The van der Waals surface area contributed by atoms with Crippen LogP contribution in [0.3, 0.4) is 0 Å². The second kappa shape index (κ2) is 11.0. The lowest BCUT2D eigenvalue weighted by atomic mass is 10.1.